The molecule has 0 spiro atoms. The first-order valence-electron chi connectivity index (χ1n) is 6.62. The predicted molar refractivity (Wildman–Crippen MR) is 91.9 cm³/mol. The maximum absolute atomic E-state index is 5.94. The molecule has 112 valence electrons. The Balaban J connectivity index is 1.88. The molecule has 0 unspecified atom stereocenters. The van der Waals surface area contributed by atoms with Gasteiger partial charge >= 0.3 is 0 Å². The van der Waals surface area contributed by atoms with Crippen LogP contribution in [0.3, 0.4) is 0 Å². The normalized spacial score (nSPS) is 12.0. The van der Waals surface area contributed by atoms with Gasteiger partial charge in [0.15, 0.2) is 0 Å². The molecular formula is C16H17Br2NO2. The molecule has 2 N–H and O–H groups in total. The summed E-state index contributed by atoms with van der Waals surface area (Å²) < 4.78 is 13.4. The van der Waals surface area contributed by atoms with Crippen molar-refractivity contribution in [2.24, 2.45) is 5.73 Å². The van der Waals surface area contributed by atoms with Crippen molar-refractivity contribution in [1.29, 1.82) is 0 Å². The smallest absolute Gasteiger partial charge is 0.125 e. The van der Waals surface area contributed by atoms with E-state index in [0.717, 1.165) is 26.0 Å². The molecule has 0 heterocycles. The van der Waals surface area contributed by atoms with Crippen LogP contribution in [-0.2, 0) is 0 Å². The van der Waals surface area contributed by atoms with Crippen molar-refractivity contribution in [1.82, 2.24) is 0 Å². The summed E-state index contributed by atoms with van der Waals surface area (Å²) in [6, 6.07) is 13.5. The number of halogens is 2. The fourth-order valence-corrected chi connectivity index (χ4v) is 2.46. The molecule has 2 rings (SSSR count). The molecule has 0 saturated heterocycles. The Labute approximate surface area is 141 Å². The third-order valence-electron chi connectivity index (χ3n) is 2.89. The topological polar surface area (TPSA) is 44.5 Å². The van der Waals surface area contributed by atoms with Gasteiger partial charge in [0.25, 0.3) is 0 Å². The Hall–Kier alpha value is -1.04. The van der Waals surface area contributed by atoms with E-state index >= 15 is 0 Å². The van der Waals surface area contributed by atoms with Crippen LogP contribution >= 0.6 is 31.9 Å². The van der Waals surface area contributed by atoms with Crippen molar-refractivity contribution in [2.45, 2.75) is 13.0 Å². The molecule has 1 atom stereocenters. The Kier molecular flexibility index (Phi) is 6.08. The molecule has 0 aliphatic heterocycles. The summed E-state index contributed by atoms with van der Waals surface area (Å²) in [4.78, 5) is 0. The SMILES string of the molecule is C[C@H](N)c1ccc(Br)cc1OCCOc1ccc(Br)cc1. The van der Waals surface area contributed by atoms with E-state index in [0.29, 0.717) is 13.2 Å². The van der Waals surface area contributed by atoms with E-state index < -0.39 is 0 Å². The highest BCUT2D eigenvalue weighted by Gasteiger charge is 2.08. The van der Waals surface area contributed by atoms with Gasteiger partial charge in [-0.3, -0.25) is 0 Å². The van der Waals surface area contributed by atoms with Crippen LogP contribution in [0.5, 0.6) is 11.5 Å². The minimum atomic E-state index is -0.0690. The van der Waals surface area contributed by atoms with Crippen molar-refractivity contribution in [3.8, 4) is 11.5 Å². The van der Waals surface area contributed by atoms with Crippen LogP contribution in [0.4, 0.5) is 0 Å². The van der Waals surface area contributed by atoms with Gasteiger partial charge in [-0.25, -0.2) is 0 Å². The van der Waals surface area contributed by atoms with Gasteiger partial charge in [-0.05, 0) is 43.3 Å². The first kappa shape index (κ1) is 16.3. The standard InChI is InChI=1S/C16H17Br2NO2/c1-11(19)15-7-4-13(18)10-16(15)21-9-8-20-14-5-2-12(17)3-6-14/h2-7,10-11H,8-9,19H2,1H3/t11-/m0/s1. The molecular weight excluding hydrogens is 398 g/mol. The van der Waals surface area contributed by atoms with Crippen LogP contribution in [-0.4, -0.2) is 13.2 Å². The minimum absolute atomic E-state index is 0.0690. The first-order valence-corrected chi connectivity index (χ1v) is 8.21. The van der Waals surface area contributed by atoms with E-state index in [1.165, 1.54) is 0 Å². The van der Waals surface area contributed by atoms with Gasteiger partial charge in [0.2, 0.25) is 0 Å². The summed E-state index contributed by atoms with van der Waals surface area (Å²) in [5.74, 6) is 1.61. The Morgan fingerprint density at radius 2 is 1.57 bits per heavy atom. The van der Waals surface area contributed by atoms with E-state index in [2.05, 4.69) is 31.9 Å². The molecule has 5 heteroatoms. The zero-order valence-electron chi connectivity index (χ0n) is 11.7. The summed E-state index contributed by atoms with van der Waals surface area (Å²) in [6.45, 7) is 2.88. The van der Waals surface area contributed by atoms with Crippen LogP contribution in [0.1, 0.15) is 18.5 Å². The van der Waals surface area contributed by atoms with Gasteiger partial charge in [-0.2, -0.15) is 0 Å². The van der Waals surface area contributed by atoms with Crippen molar-refractivity contribution < 1.29 is 9.47 Å². The third kappa shape index (κ3) is 5.02. The molecule has 2 aromatic carbocycles. The van der Waals surface area contributed by atoms with Gasteiger partial charge in [0.1, 0.15) is 24.7 Å². The maximum atomic E-state index is 5.94. The third-order valence-corrected chi connectivity index (χ3v) is 3.91. The average Bonchev–Trinajstić information content (AvgIpc) is 2.45. The van der Waals surface area contributed by atoms with Crippen LogP contribution in [0.15, 0.2) is 51.4 Å². The number of nitrogens with two attached hydrogens (primary N) is 1. The monoisotopic (exact) mass is 413 g/mol. The average molecular weight is 415 g/mol. The van der Waals surface area contributed by atoms with Crippen molar-refractivity contribution in [2.75, 3.05) is 13.2 Å². The van der Waals surface area contributed by atoms with Gasteiger partial charge in [0, 0.05) is 20.6 Å². The van der Waals surface area contributed by atoms with Crippen LogP contribution in [0.2, 0.25) is 0 Å². The lowest BCUT2D eigenvalue weighted by Crippen LogP contribution is -2.12. The highest BCUT2D eigenvalue weighted by atomic mass is 79.9. The number of benzene rings is 2. The summed E-state index contributed by atoms with van der Waals surface area (Å²) in [5, 5.41) is 0. The summed E-state index contributed by atoms with van der Waals surface area (Å²) in [6.07, 6.45) is 0. The zero-order valence-corrected chi connectivity index (χ0v) is 14.9. The number of hydrogen-bond donors (Lipinski definition) is 1. The van der Waals surface area contributed by atoms with Crippen LogP contribution in [0, 0.1) is 0 Å². The van der Waals surface area contributed by atoms with E-state index in [1.54, 1.807) is 0 Å². The molecule has 0 amide bonds. The number of hydrogen-bond acceptors (Lipinski definition) is 3. The van der Waals surface area contributed by atoms with Crippen LogP contribution < -0.4 is 15.2 Å². The molecule has 2 aromatic rings. The number of ether oxygens (including phenoxy) is 2. The lowest BCUT2D eigenvalue weighted by molar-refractivity contribution is 0.215. The predicted octanol–water partition coefficient (Wildman–Crippen LogP) is 4.69. The van der Waals surface area contributed by atoms with Gasteiger partial charge in [-0.1, -0.05) is 37.9 Å². The molecule has 0 aromatic heterocycles. The fraction of sp³-hybridized carbons (Fsp3) is 0.250. The zero-order chi connectivity index (χ0) is 15.2. The largest absolute Gasteiger partial charge is 0.490 e. The van der Waals surface area contributed by atoms with Crippen molar-refractivity contribution in [3.05, 3.63) is 57.0 Å². The maximum Gasteiger partial charge on any atom is 0.125 e. The Morgan fingerprint density at radius 1 is 0.952 bits per heavy atom. The molecule has 0 fully saturated rings. The summed E-state index contributed by atoms with van der Waals surface area (Å²) in [7, 11) is 0. The molecule has 21 heavy (non-hydrogen) atoms. The van der Waals surface area contributed by atoms with Crippen molar-refractivity contribution in [3.63, 3.8) is 0 Å². The van der Waals surface area contributed by atoms with E-state index in [4.69, 9.17) is 15.2 Å². The van der Waals surface area contributed by atoms with Crippen molar-refractivity contribution >= 4 is 31.9 Å². The molecule has 0 aliphatic rings. The minimum Gasteiger partial charge on any atom is -0.490 e. The second-order valence-corrected chi connectivity index (χ2v) is 6.45. The van der Waals surface area contributed by atoms with E-state index in [-0.39, 0.29) is 6.04 Å². The first-order chi connectivity index (χ1) is 10.1. The lowest BCUT2D eigenvalue weighted by Gasteiger charge is -2.15. The molecule has 0 bridgehead atoms. The van der Waals surface area contributed by atoms with Gasteiger partial charge < -0.3 is 15.2 Å². The molecule has 3 nitrogen and oxygen atoms in total. The van der Waals surface area contributed by atoms with Crippen LogP contribution in [0.25, 0.3) is 0 Å². The Morgan fingerprint density at radius 3 is 2.24 bits per heavy atom. The van der Waals surface area contributed by atoms with E-state index in [1.807, 2.05) is 49.4 Å². The second kappa shape index (κ2) is 7.82. The second-order valence-electron chi connectivity index (χ2n) is 4.62. The van der Waals surface area contributed by atoms with E-state index in [9.17, 15) is 0 Å². The molecule has 0 aliphatic carbocycles. The Bertz CT molecular complexity index is 585. The summed E-state index contributed by atoms with van der Waals surface area (Å²) in [5.41, 5.74) is 6.93. The van der Waals surface area contributed by atoms with Gasteiger partial charge in [0.05, 0.1) is 0 Å². The van der Waals surface area contributed by atoms with Gasteiger partial charge in [-0.15, -0.1) is 0 Å². The highest BCUT2D eigenvalue weighted by Crippen LogP contribution is 2.27. The quantitative estimate of drug-likeness (QED) is 0.697. The molecule has 0 radical (unpaired) electrons. The molecule has 0 saturated carbocycles. The lowest BCUT2D eigenvalue weighted by atomic mass is 10.1. The highest BCUT2D eigenvalue weighted by molar-refractivity contribution is 9.10. The fourth-order valence-electron chi connectivity index (χ4n) is 1.85. The summed E-state index contributed by atoms with van der Waals surface area (Å²) >= 11 is 6.83. The number of rotatable bonds is 6.